The average Bonchev–Trinajstić information content (AvgIpc) is 2.53. The number of hydrogen-bond donors (Lipinski definition) is 1. The van der Waals surface area contributed by atoms with E-state index in [4.69, 9.17) is 17.3 Å². The fraction of sp³-hybridized carbons (Fsp3) is 0.308. The summed E-state index contributed by atoms with van der Waals surface area (Å²) in [7, 11) is 0. The minimum absolute atomic E-state index is 0.133. The normalized spacial score (nSPS) is 11.2. The topological polar surface area (TPSA) is 53.0 Å². The summed E-state index contributed by atoms with van der Waals surface area (Å²) in [6.07, 6.45) is 0. The Morgan fingerprint density at radius 3 is 2.56 bits per heavy atom. The molecule has 0 aliphatic rings. The van der Waals surface area contributed by atoms with Gasteiger partial charge in [-0.2, -0.15) is 0 Å². The van der Waals surface area contributed by atoms with Crippen LogP contribution in [0.15, 0.2) is 29.1 Å². The lowest BCUT2D eigenvalue weighted by Gasteiger charge is -2.17. The number of aromatic nitrogens is 2. The molecule has 0 spiro atoms. The Balaban J connectivity index is 2.79. The molecule has 2 rings (SSSR count). The second-order valence-corrected chi connectivity index (χ2v) is 4.97. The van der Waals surface area contributed by atoms with E-state index in [1.165, 1.54) is 0 Å². The van der Waals surface area contributed by atoms with Gasteiger partial charge in [-0.25, -0.2) is 4.68 Å². The van der Waals surface area contributed by atoms with Gasteiger partial charge >= 0.3 is 0 Å². The van der Waals surface area contributed by atoms with Crippen LogP contribution in [0.5, 0.6) is 0 Å². The van der Waals surface area contributed by atoms with Crippen molar-refractivity contribution in [1.29, 1.82) is 0 Å². The third-order valence-corrected chi connectivity index (χ3v) is 3.15. The van der Waals surface area contributed by atoms with E-state index in [1.54, 1.807) is 16.8 Å². The highest BCUT2D eigenvalue weighted by molar-refractivity contribution is 6.30. The Bertz CT molecular complexity index is 640. The molecule has 0 saturated heterocycles. The van der Waals surface area contributed by atoms with E-state index in [2.05, 4.69) is 0 Å². The third kappa shape index (κ3) is 1.93. The molecule has 0 fully saturated rings. The lowest BCUT2D eigenvalue weighted by atomic mass is 10.3. The van der Waals surface area contributed by atoms with Crippen molar-refractivity contribution in [3.63, 3.8) is 0 Å². The Hall–Kier alpha value is -1.68. The van der Waals surface area contributed by atoms with Crippen molar-refractivity contribution in [2.45, 2.75) is 26.8 Å². The van der Waals surface area contributed by atoms with Gasteiger partial charge in [0.15, 0.2) is 0 Å². The molecule has 2 aromatic rings. The van der Waals surface area contributed by atoms with Gasteiger partial charge in [-0.05, 0) is 39.0 Å². The first-order valence-electron chi connectivity index (χ1n) is 5.79. The average molecular weight is 266 g/mol. The molecule has 5 heteroatoms. The maximum atomic E-state index is 12.2. The van der Waals surface area contributed by atoms with E-state index in [9.17, 15) is 4.79 Å². The zero-order valence-corrected chi connectivity index (χ0v) is 11.4. The van der Waals surface area contributed by atoms with E-state index < -0.39 is 0 Å². The Morgan fingerprint density at radius 2 is 2.00 bits per heavy atom. The van der Waals surface area contributed by atoms with Gasteiger partial charge in [-0.3, -0.25) is 9.48 Å². The number of anilines is 1. The van der Waals surface area contributed by atoms with Gasteiger partial charge in [0.05, 0.1) is 11.4 Å². The summed E-state index contributed by atoms with van der Waals surface area (Å²) in [5.74, 6) is 0. The molecule has 0 bridgehead atoms. The summed E-state index contributed by atoms with van der Waals surface area (Å²) in [5.41, 5.74) is 7.40. The summed E-state index contributed by atoms with van der Waals surface area (Å²) < 4.78 is 3.45. The zero-order chi connectivity index (χ0) is 13.4. The molecular formula is C13H16ClN3O. The number of nitrogen functional groups attached to an aromatic ring is 1. The lowest BCUT2D eigenvalue weighted by Crippen LogP contribution is -2.23. The van der Waals surface area contributed by atoms with Gasteiger partial charge in [0.1, 0.15) is 5.69 Å². The van der Waals surface area contributed by atoms with Crippen molar-refractivity contribution in [3.8, 4) is 5.69 Å². The molecule has 2 N–H and O–H groups in total. The largest absolute Gasteiger partial charge is 0.393 e. The van der Waals surface area contributed by atoms with Crippen molar-refractivity contribution >= 4 is 17.3 Å². The fourth-order valence-corrected chi connectivity index (χ4v) is 2.29. The van der Waals surface area contributed by atoms with E-state index in [-0.39, 0.29) is 17.3 Å². The van der Waals surface area contributed by atoms with E-state index in [1.807, 2.05) is 37.6 Å². The van der Waals surface area contributed by atoms with E-state index in [0.717, 1.165) is 11.4 Å². The summed E-state index contributed by atoms with van der Waals surface area (Å²) in [6.45, 7) is 5.86. The van der Waals surface area contributed by atoms with Gasteiger partial charge in [-0.1, -0.05) is 17.7 Å². The number of hydrogen-bond acceptors (Lipinski definition) is 2. The minimum atomic E-state index is -0.205. The van der Waals surface area contributed by atoms with E-state index >= 15 is 0 Å². The van der Waals surface area contributed by atoms with Crippen LogP contribution in [0.1, 0.15) is 25.6 Å². The molecule has 0 amide bonds. The molecule has 0 aliphatic heterocycles. The molecule has 1 aromatic carbocycles. The summed E-state index contributed by atoms with van der Waals surface area (Å²) in [4.78, 5) is 12.2. The Kier molecular flexibility index (Phi) is 3.22. The molecule has 1 heterocycles. The van der Waals surface area contributed by atoms with Crippen LogP contribution in [0.3, 0.4) is 0 Å². The molecule has 96 valence electrons. The number of rotatable bonds is 2. The monoisotopic (exact) mass is 265 g/mol. The van der Waals surface area contributed by atoms with Crippen LogP contribution in [0.2, 0.25) is 5.02 Å². The van der Waals surface area contributed by atoms with Crippen molar-refractivity contribution in [2.75, 3.05) is 5.73 Å². The van der Waals surface area contributed by atoms with Crippen molar-refractivity contribution in [3.05, 3.63) is 45.3 Å². The maximum absolute atomic E-state index is 12.2. The first-order chi connectivity index (χ1) is 8.43. The van der Waals surface area contributed by atoms with Crippen LogP contribution in [0, 0.1) is 6.92 Å². The quantitative estimate of drug-likeness (QED) is 0.908. The SMILES string of the molecule is Cc1c(N)c(=O)n(-c2cccc(Cl)c2)n1C(C)C. The van der Waals surface area contributed by atoms with Crippen molar-refractivity contribution < 1.29 is 0 Å². The Morgan fingerprint density at radius 1 is 1.33 bits per heavy atom. The summed E-state index contributed by atoms with van der Waals surface area (Å²) in [5, 5.41) is 0.590. The third-order valence-electron chi connectivity index (χ3n) is 2.91. The number of nitrogens with two attached hydrogens (primary N) is 1. The lowest BCUT2D eigenvalue weighted by molar-refractivity contribution is 0.467. The smallest absolute Gasteiger partial charge is 0.294 e. The predicted octanol–water partition coefficient (Wildman–Crippen LogP) is 2.76. The second-order valence-electron chi connectivity index (χ2n) is 4.53. The maximum Gasteiger partial charge on any atom is 0.294 e. The second kappa shape index (κ2) is 4.53. The Labute approximate surface area is 111 Å². The molecular weight excluding hydrogens is 250 g/mol. The fourth-order valence-electron chi connectivity index (χ4n) is 2.11. The molecule has 0 unspecified atom stereocenters. The van der Waals surface area contributed by atoms with Crippen molar-refractivity contribution in [1.82, 2.24) is 9.36 Å². The van der Waals surface area contributed by atoms with Crippen LogP contribution in [0.25, 0.3) is 5.69 Å². The standard InChI is InChI=1S/C13H16ClN3O/c1-8(2)16-9(3)12(15)13(18)17(16)11-6-4-5-10(14)7-11/h4-8H,15H2,1-3H3. The molecule has 1 aromatic heterocycles. The van der Waals surface area contributed by atoms with Crippen LogP contribution < -0.4 is 11.3 Å². The van der Waals surface area contributed by atoms with Crippen LogP contribution in [-0.2, 0) is 0 Å². The summed E-state index contributed by atoms with van der Waals surface area (Å²) >= 11 is 5.97. The van der Waals surface area contributed by atoms with Gasteiger partial charge in [0.25, 0.3) is 5.56 Å². The molecule has 18 heavy (non-hydrogen) atoms. The highest BCUT2D eigenvalue weighted by Crippen LogP contribution is 2.19. The summed E-state index contributed by atoms with van der Waals surface area (Å²) in [6, 6.07) is 7.31. The first-order valence-corrected chi connectivity index (χ1v) is 6.16. The van der Waals surface area contributed by atoms with Gasteiger partial charge in [-0.15, -0.1) is 0 Å². The molecule has 0 atom stereocenters. The molecule has 0 aliphatic carbocycles. The number of halogens is 1. The van der Waals surface area contributed by atoms with Gasteiger partial charge < -0.3 is 5.73 Å². The first kappa shape index (κ1) is 12.8. The van der Waals surface area contributed by atoms with Crippen LogP contribution >= 0.6 is 11.6 Å². The highest BCUT2D eigenvalue weighted by Gasteiger charge is 2.17. The molecule has 4 nitrogen and oxygen atoms in total. The number of benzene rings is 1. The zero-order valence-electron chi connectivity index (χ0n) is 10.6. The van der Waals surface area contributed by atoms with Crippen molar-refractivity contribution in [2.24, 2.45) is 0 Å². The molecule has 0 saturated carbocycles. The van der Waals surface area contributed by atoms with Crippen LogP contribution in [0.4, 0.5) is 5.69 Å². The van der Waals surface area contributed by atoms with E-state index in [0.29, 0.717) is 5.02 Å². The number of nitrogens with zero attached hydrogens (tertiary/aromatic N) is 2. The van der Waals surface area contributed by atoms with Gasteiger partial charge in [0, 0.05) is 11.1 Å². The molecule has 0 radical (unpaired) electrons. The van der Waals surface area contributed by atoms with Crippen LogP contribution in [-0.4, -0.2) is 9.36 Å². The van der Waals surface area contributed by atoms with Gasteiger partial charge in [0.2, 0.25) is 0 Å². The predicted molar refractivity (Wildman–Crippen MR) is 74.6 cm³/mol. The minimum Gasteiger partial charge on any atom is -0.393 e. The highest BCUT2D eigenvalue weighted by atomic mass is 35.5.